The van der Waals surface area contributed by atoms with Crippen LogP contribution in [-0.2, 0) is 0 Å². The van der Waals surface area contributed by atoms with Crippen LogP contribution in [0.5, 0.6) is 5.75 Å². The first kappa shape index (κ1) is 21.6. The minimum atomic E-state index is -4.74. The maximum Gasteiger partial charge on any atom is 0.573 e. The molecule has 140 valence electrons. The summed E-state index contributed by atoms with van der Waals surface area (Å²) in [4.78, 5) is 4.23. The first-order chi connectivity index (χ1) is 10.9. The molecule has 5 nitrogen and oxygen atoms in total. The molecule has 25 heavy (non-hydrogen) atoms. The quantitative estimate of drug-likeness (QED) is 0.831. The number of benzene rings is 1. The highest BCUT2D eigenvalue weighted by Gasteiger charge is 2.31. The van der Waals surface area contributed by atoms with Gasteiger partial charge in [-0.2, -0.15) is 0 Å². The van der Waals surface area contributed by atoms with Gasteiger partial charge in [-0.3, -0.25) is 0 Å². The average Bonchev–Trinajstić information content (AvgIpc) is 2.95. The number of halogens is 5. The lowest BCUT2D eigenvalue weighted by Gasteiger charge is -2.30. The number of alkyl halides is 3. The summed E-state index contributed by atoms with van der Waals surface area (Å²) in [7, 11) is 0. The number of aromatic nitrogens is 2. The number of piperidine rings is 1. The van der Waals surface area contributed by atoms with Crippen molar-refractivity contribution in [3.05, 3.63) is 36.7 Å². The minimum absolute atomic E-state index is 0. The van der Waals surface area contributed by atoms with Gasteiger partial charge in [0.2, 0.25) is 0 Å². The molecule has 1 aliphatic heterocycles. The van der Waals surface area contributed by atoms with E-state index in [4.69, 9.17) is 0 Å². The molecular weight excluding hydrogens is 382 g/mol. The van der Waals surface area contributed by atoms with Gasteiger partial charge in [-0.15, -0.1) is 38.0 Å². The zero-order chi connectivity index (χ0) is 16.4. The molecule has 0 unspecified atom stereocenters. The molecule has 0 radical (unpaired) electrons. The number of aliphatic hydroxyl groups is 1. The molecule has 2 N–H and O–H groups in total. The first-order valence-corrected chi connectivity index (χ1v) is 7.22. The minimum Gasteiger partial charge on any atom is -0.406 e. The van der Waals surface area contributed by atoms with Crippen molar-refractivity contribution in [1.29, 1.82) is 0 Å². The summed E-state index contributed by atoms with van der Waals surface area (Å²) in [5.41, 5.74) is 0.502. The van der Waals surface area contributed by atoms with E-state index in [2.05, 4.69) is 15.0 Å². The second-order valence-corrected chi connectivity index (χ2v) is 5.36. The third kappa shape index (κ3) is 5.24. The predicted octanol–water partition coefficient (Wildman–Crippen LogP) is 3.19. The number of nitrogens with one attached hydrogen (secondary N) is 1. The van der Waals surface area contributed by atoms with Gasteiger partial charge in [0.15, 0.2) is 0 Å². The number of hydrogen-bond donors (Lipinski definition) is 2. The maximum absolute atomic E-state index is 12.4. The Balaban J connectivity index is 0.00000156. The third-order valence-electron chi connectivity index (χ3n) is 3.77. The number of imidazole rings is 1. The van der Waals surface area contributed by atoms with Gasteiger partial charge in [0.05, 0.1) is 12.1 Å². The van der Waals surface area contributed by atoms with Crippen molar-refractivity contribution >= 4 is 24.8 Å². The fourth-order valence-electron chi connectivity index (χ4n) is 2.79. The monoisotopic (exact) mass is 399 g/mol. The highest BCUT2D eigenvalue weighted by atomic mass is 35.5. The normalized spacial score (nSPS) is 20.3. The lowest BCUT2D eigenvalue weighted by atomic mass is 10.0. The Bertz CT molecular complexity index is 682. The zero-order valence-electron chi connectivity index (χ0n) is 12.9. The van der Waals surface area contributed by atoms with E-state index in [1.165, 1.54) is 18.2 Å². The smallest absolute Gasteiger partial charge is 0.406 e. The third-order valence-corrected chi connectivity index (χ3v) is 3.77. The van der Waals surface area contributed by atoms with Gasteiger partial charge < -0.3 is 19.7 Å². The van der Waals surface area contributed by atoms with Crippen molar-refractivity contribution in [3.8, 4) is 17.1 Å². The van der Waals surface area contributed by atoms with Gasteiger partial charge in [-0.1, -0.05) is 12.1 Å². The van der Waals surface area contributed by atoms with Crippen LogP contribution in [0.4, 0.5) is 13.2 Å². The Morgan fingerprint density at radius 3 is 2.72 bits per heavy atom. The lowest BCUT2D eigenvalue weighted by Crippen LogP contribution is -2.41. The first-order valence-electron chi connectivity index (χ1n) is 7.22. The second-order valence-electron chi connectivity index (χ2n) is 5.36. The summed E-state index contributed by atoms with van der Waals surface area (Å²) in [6, 6.07) is 5.51. The van der Waals surface area contributed by atoms with E-state index in [0.29, 0.717) is 24.4 Å². The number of ether oxygens (including phenoxy) is 1. The number of nitrogens with zero attached hydrogens (tertiary/aromatic N) is 2. The molecule has 3 rings (SSSR count). The summed E-state index contributed by atoms with van der Waals surface area (Å²) in [6.45, 7) is 1.23. The van der Waals surface area contributed by atoms with Gasteiger partial charge in [-0.05, 0) is 25.1 Å². The molecule has 0 aliphatic carbocycles. The van der Waals surface area contributed by atoms with Crippen molar-refractivity contribution in [2.45, 2.75) is 24.9 Å². The molecule has 1 aliphatic rings. The van der Waals surface area contributed by atoms with Gasteiger partial charge >= 0.3 is 6.36 Å². The molecule has 0 saturated carbocycles. The molecule has 2 heterocycles. The Labute approximate surface area is 155 Å². The standard InChI is InChI=1S/C15H16F3N3O2.2ClH/c16-15(17,18)23-11-3-1-2-10(8-11)14-20-6-7-21(14)12-4-5-19-9-13(12)22;;/h1-3,6-8,12-13,19,22H,4-5,9H2;2*1H/t12-,13-;;/m0../s1. The van der Waals surface area contributed by atoms with Crippen molar-refractivity contribution < 1.29 is 23.0 Å². The van der Waals surface area contributed by atoms with Crippen LogP contribution in [0.1, 0.15) is 12.5 Å². The van der Waals surface area contributed by atoms with Crippen LogP contribution in [-0.4, -0.2) is 40.2 Å². The number of aliphatic hydroxyl groups excluding tert-OH is 1. The Morgan fingerprint density at radius 1 is 1.28 bits per heavy atom. The van der Waals surface area contributed by atoms with Crippen LogP contribution < -0.4 is 10.1 Å². The summed E-state index contributed by atoms with van der Waals surface area (Å²) >= 11 is 0. The van der Waals surface area contributed by atoms with Gasteiger partial charge in [0.25, 0.3) is 0 Å². The number of rotatable bonds is 3. The van der Waals surface area contributed by atoms with Crippen LogP contribution in [0, 0.1) is 0 Å². The highest BCUT2D eigenvalue weighted by Crippen LogP contribution is 2.30. The van der Waals surface area contributed by atoms with E-state index < -0.39 is 12.5 Å². The van der Waals surface area contributed by atoms with E-state index >= 15 is 0 Å². The predicted molar refractivity (Wildman–Crippen MR) is 91.4 cm³/mol. The molecular formula is C15H18Cl2F3N3O2. The summed E-state index contributed by atoms with van der Waals surface area (Å²) in [5.74, 6) is 0.207. The fraction of sp³-hybridized carbons (Fsp3) is 0.400. The summed E-state index contributed by atoms with van der Waals surface area (Å²) in [6.07, 6.45) is -1.30. The lowest BCUT2D eigenvalue weighted by molar-refractivity contribution is -0.274. The average molecular weight is 400 g/mol. The van der Waals surface area contributed by atoms with E-state index in [0.717, 1.165) is 6.54 Å². The SMILES string of the molecule is Cl.Cl.O[C@H]1CNCC[C@@H]1n1ccnc1-c1cccc(OC(F)(F)F)c1. The Kier molecular flexibility index (Phi) is 7.55. The molecule has 0 amide bonds. The maximum atomic E-state index is 12.4. The number of hydrogen-bond acceptors (Lipinski definition) is 4. The van der Waals surface area contributed by atoms with Crippen LogP contribution >= 0.6 is 24.8 Å². The molecule has 1 aromatic heterocycles. The van der Waals surface area contributed by atoms with Gasteiger partial charge in [0.1, 0.15) is 11.6 Å². The van der Waals surface area contributed by atoms with Crippen molar-refractivity contribution in [3.63, 3.8) is 0 Å². The van der Waals surface area contributed by atoms with Crippen LogP contribution in [0.25, 0.3) is 11.4 Å². The molecule has 2 atom stereocenters. The van der Waals surface area contributed by atoms with Crippen molar-refractivity contribution in [2.24, 2.45) is 0 Å². The van der Waals surface area contributed by atoms with E-state index in [1.54, 1.807) is 23.0 Å². The van der Waals surface area contributed by atoms with Crippen LogP contribution in [0.3, 0.4) is 0 Å². The Morgan fingerprint density at radius 2 is 2.04 bits per heavy atom. The van der Waals surface area contributed by atoms with E-state index in [9.17, 15) is 18.3 Å². The molecule has 10 heteroatoms. The molecule has 0 spiro atoms. The highest BCUT2D eigenvalue weighted by molar-refractivity contribution is 5.85. The van der Waals surface area contributed by atoms with E-state index in [1.807, 2.05) is 0 Å². The number of β-amino-alcohol motifs (C(OH)–C–C–N with tert-alkyl or cyclic N) is 1. The van der Waals surface area contributed by atoms with Gasteiger partial charge in [-0.25, -0.2) is 4.98 Å². The molecule has 2 aromatic rings. The van der Waals surface area contributed by atoms with Gasteiger partial charge in [0, 0.05) is 24.5 Å². The van der Waals surface area contributed by atoms with Crippen LogP contribution in [0.2, 0.25) is 0 Å². The zero-order valence-corrected chi connectivity index (χ0v) is 14.6. The largest absolute Gasteiger partial charge is 0.573 e. The fourth-order valence-corrected chi connectivity index (χ4v) is 2.79. The summed E-state index contributed by atoms with van der Waals surface area (Å²) in [5, 5.41) is 13.2. The van der Waals surface area contributed by atoms with Crippen LogP contribution in [0.15, 0.2) is 36.7 Å². The van der Waals surface area contributed by atoms with E-state index in [-0.39, 0.29) is 36.6 Å². The topological polar surface area (TPSA) is 59.3 Å². The molecule has 1 saturated heterocycles. The van der Waals surface area contributed by atoms with Crippen molar-refractivity contribution in [2.75, 3.05) is 13.1 Å². The second kappa shape index (κ2) is 8.75. The summed E-state index contributed by atoms with van der Waals surface area (Å²) < 4.78 is 42.8. The molecule has 1 fully saturated rings. The molecule has 0 bridgehead atoms. The van der Waals surface area contributed by atoms with Crippen molar-refractivity contribution in [1.82, 2.24) is 14.9 Å². The Hall–Kier alpha value is -1.48. The molecule has 1 aromatic carbocycles.